The van der Waals surface area contributed by atoms with Crippen LogP contribution in [0.3, 0.4) is 0 Å². The zero-order chi connectivity index (χ0) is 10.8. The van der Waals surface area contributed by atoms with E-state index in [0.717, 1.165) is 25.2 Å². The molecule has 5 nitrogen and oxygen atoms in total. The smallest absolute Gasteiger partial charge is 0.0967 e. The molecule has 1 fully saturated rings. The Balaban J connectivity index is 2.00. The van der Waals surface area contributed by atoms with Crippen molar-refractivity contribution in [3.05, 3.63) is 11.9 Å². The van der Waals surface area contributed by atoms with Crippen molar-refractivity contribution in [2.24, 2.45) is 13.0 Å². The molecular formula is C10H18N4O. The van der Waals surface area contributed by atoms with E-state index in [9.17, 15) is 5.11 Å². The monoisotopic (exact) mass is 210 g/mol. The van der Waals surface area contributed by atoms with Crippen molar-refractivity contribution in [3.8, 4) is 0 Å². The van der Waals surface area contributed by atoms with Crippen LogP contribution >= 0.6 is 0 Å². The second-order valence-corrected chi connectivity index (χ2v) is 4.37. The average molecular weight is 210 g/mol. The Labute approximate surface area is 89.7 Å². The second-order valence-electron chi connectivity index (χ2n) is 4.37. The van der Waals surface area contributed by atoms with Crippen LogP contribution < -0.4 is 0 Å². The molecule has 0 bridgehead atoms. The van der Waals surface area contributed by atoms with E-state index in [-0.39, 0.29) is 12.6 Å². The van der Waals surface area contributed by atoms with E-state index in [1.165, 1.54) is 0 Å². The summed E-state index contributed by atoms with van der Waals surface area (Å²) >= 11 is 0. The number of aryl methyl sites for hydroxylation is 1. The summed E-state index contributed by atoms with van der Waals surface area (Å²) in [5, 5.41) is 17.3. The van der Waals surface area contributed by atoms with Gasteiger partial charge in [-0.1, -0.05) is 12.1 Å². The molecule has 5 heteroatoms. The Hall–Kier alpha value is -0.940. The molecule has 0 saturated carbocycles. The second kappa shape index (κ2) is 4.28. The Morgan fingerprint density at radius 1 is 1.60 bits per heavy atom. The van der Waals surface area contributed by atoms with Crippen molar-refractivity contribution in [1.82, 2.24) is 19.9 Å². The molecule has 1 aliphatic rings. The topological polar surface area (TPSA) is 54.2 Å². The minimum Gasteiger partial charge on any atom is -0.395 e. The molecule has 1 aliphatic heterocycles. The third kappa shape index (κ3) is 2.18. The lowest BCUT2D eigenvalue weighted by Gasteiger charge is -2.23. The van der Waals surface area contributed by atoms with Gasteiger partial charge in [0.15, 0.2) is 0 Å². The van der Waals surface area contributed by atoms with Gasteiger partial charge in [-0.15, -0.1) is 5.10 Å². The van der Waals surface area contributed by atoms with E-state index < -0.39 is 0 Å². The first-order valence-electron chi connectivity index (χ1n) is 5.41. The minimum atomic E-state index is 0.238. The van der Waals surface area contributed by atoms with Crippen molar-refractivity contribution < 1.29 is 5.11 Å². The fraction of sp³-hybridized carbons (Fsp3) is 0.800. The summed E-state index contributed by atoms with van der Waals surface area (Å²) in [5.41, 5.74) is 0.977. The molecule has 2 rings (SSSR count). The maximum absolute atomic E-state index is 9.31. The van der Waals surface area contributed by atoms with Crippen molar-refractivity contribution in [1.29, 1.82) is 0 Å². The first-order chi connectivity index (χ1) is 7.20. The van der Waals surface area contributed by atoms with Gasteiger partial charge in [0.2, 0.25) is 0 Å². The number of hydrogen-bond donors (Lipinski definition) is 1. The SMILES string of the molecule is CC1CCN(Cc2cn(C)nn2)C1CO. The molecule has 0 aromatic carbocycles. The number of rotatable bonds is 3. The van der Waals surface area contributed by atoms with E-state index in [1.54, 1.807) is 4.68 Å². The standard InChI is InChI=1S/C10H18N4O/c1-8-3-4-14(10(8)7-15)6-9-5-13(2)12-11-9/h5,8,10,15H,3-4,6-7H2,1-2H3. The van der Waals surface area contributed by atoms with E-state index in [2.05, 4.69) is 22.1 Å². The van der Waals surface area contributed by atoms with Crippen LogP contribution in [-0.4, -0.2) is 44.2 Å². The highest BCUT2D eigenvalue weighted by molar-refractivity contribution is 4.95. The zero-order valence-corrected chi connectivity index (χ0v) is 9.30. The predicted octanol–water partition coefficient (Wildman–Crippen LogP) is 0.0178. The van der Waals surface area contributed by atoms with Gasteiger partial charge in [-0.25, -0.2) is 0 Å². The summed E-state index contributed by atoms with van der Waals surface area (Å²) < 4.78 is 1.71. The molecule has 2 heterocycles. The third-order valence-corrected chi connectivity index (χ3v) is 3.20. The average Bonchev–Trinajstić information content (AvgIpc) is 2.75. The molecule has 0 radical (unpaired) electrons. The fourth-order valence-electron chi connectivity index (χ4n) is 2.26. The number of aliphatic hydroxyl groups is 1. The summed E-state index contributed by atoms with van der Waals surface area (Å²) in [6.07, 6.45) is 3.09. The summed E-state index contributed by atoms with van der Waals surface area (Å²) in [6.45, 7) is 4.27. The van der Waals surface area contributed by atoms with Crippen molar-refractivity contribution in [2.45, 2.75) is 25.9 Å². The summed E-state index contributed by atoms with van der Waals surface area (Å²) in [5.74, 6) is 0.576. The van der Waals surface area contributed by atoms with E-state index in [4.69, 9.17) is 0 Å². The number of aromatic nitrogens is 3. The molecule has 1 saturated heterocycles. The molecule has 0 aliphatic carbocycles. The predicted molar refractivity (Wildman–Crippen MR) is 56.1 cm³/mol. The van der Waals surface area contributed by atoms with Crippen LogP contribution in [0.25, 0.3) is 0 Å². The molecule has 0 spiro atoms. The normalized spacial score (nSPS) is 27.4. The molecule has 1 aromatic rings. The van der Waals surface area contributed by atoms with Crippen molar-refractivity contribution >= 4 is 0 Å². The lowest BCUT2D eigenvalue weighted by Crippen LogP contribution is -2.34. The van der Waals surface area contributed by atoms with Gasteiger partial charge in [0.1, 0.15) is 0 Å². The first-order valence-corrected chi connectivity index (χ1v) is 5.41. The number of hydrogen-bond acceptors (Lipinski definition) is 4. The third-order valence-electron chi connectivity index (χ3n) is 3.20. The zero-order valence-electron chi connectivity index (χ0n) is 9.30. The lowest BCUT2D eigenvalue weighted by molar-refractivity contribution is 0.133. The highest BCUT2D eigenvalue weighted by Gasteiger charge is 2.30. The molecule has 1 N–H and O–H groups in total. The molecule has 2 unspecified atom stereocenters. The van der Waals surface area contributed by atoms with Crippen LogP contribution in [0.1, 0.15) is 19.0 Å². The molecule has 2 atom stereocenters. The highest BCUT2D eigenvalue weighted by Crippen LogP contribution is 2.24. The quantitative estimate of drug-likeness (QED) is 0.764. The van der Waals surface area contributed by atoms with Crippen LogP contribution in [0.5, 0.6) is 0 Å². The first kappa shape index (κ1) is 10.6. The van der Waals surface area contributed by atoms with Crippen LogP contribution in [0, 0.1) is 5.92 Å². The Morgan fingerprint density at radius 2 is 2.40 bits per heavy atom. The molecule has 15 heavy (non-hydrogen) atoms. The van der Waals surface area contributed by atoms with Crippen molar-refractivity contribution in [2.75, 3.05) is 13.2 Å². The fourth-order valence-corrected chi connectivity index (χ4v) is 2.26. The van der Waals surface area contributed by atoms with Gasteiger partial charge >= 0.3 is 0 Å². The van der Waals surface area contributed by atoms with Gasteiger partial charge in [0.05, 0.1) is 12.3 Å². The van der Waals surface area contributed by atoms with Gasteiger partial charge in [0, 0.05) is 25.8 Å². The van der Waals surface area contributed by atoms with Crippen LogP contribution in [0.2, 0.25) is 0 Å². The Morgan fingerprint density at radius 3 is 3.00 bits per heavy atom. The molecule has 1 aromatic heterocycles. The highest BCUT2D eigenvalue weighted by atomic mass is 16.3. The van der Waals surface area contributed by atoms with Crippen molar-refractivity contribution in [3.63, 3.8) is 0 Å². The van der Waals surface area contributed by atoms with Crippen LogP contribution in [0.15, 0.2) is 6.20 Å². The van der Waals surface area contributed by atoms with E-state index >= 15 is 0 Å². The maximum Gasteiger partial charge on any atom is 0.0967 e. The number of nitrogens with zero attached hydrogens (tertiary/aromatic N) is 4. The van der Waals surface area contributed by atoms with Gasteiger partial charge in [-0.3, -0.25) is 9.58 Å². The van der Waals surface area contributed by atoms with Gasteiger partial charge < -0.3 is 5.11 Å². The number of likely N-dealkylation sites (tertiary alicyclic amines) is 1. The minimum absolute atomic E-state index is 0.238. The van der Waals surface area contributed by atoms with Gasteiger partial charge in [-0.05, 0) is 18.9 Å². The largest absolute Gasteiger partial charge is 0.395 e. The number of aliphatic hydroxyl groups excluding tert-OH is 1. The summed E-state index contributed by atoms with van der Waals surface area (Å²) in [7, 11) is 1.87. The summed E-state index contributed by atoms with van der Waals surface area (Å²) in [4.78, 5) is 2.29. The Bertz CT molecular complexity index is 325. The van der Waals surface area contributed by atoms with Crippen LogP contribution in [-0.2, 0) is 13.6 Å². The maximum atomic E-state index is 9.31. The van der Waals surface area contributed by atoms with E-state index in [0.29, 0.717) is 5.92 Å². The van der Waals surface area contributed by atoms with Crippen LogP contribution in [0.4, 0.5) is 0 Å². The molecule has 0 amide bonds. The Kier molecular flexibility index (Phi) is 3.02. The molecule has 84 valence electrons. The summed E-state index contributed by atoms with van der Waals surface area (Å²) in [6, 6.07) is 0.284. The lowest BCUT2D eigenvalue weighted by atomic mass is 10.0. The van der Waals surface area contributed by atoms with E-state index in [1.807, 2.05) is 13.2 Å². The molecular weight excluding hydrogens is 192 g/mol. The van der Waals surface area contributed by atoms with Gasteiger partial charge in [-0.2, -0.15) is 0 Å². The van der Waals surface area contributed by atoms with Gasteiger partial charge in [0.25, 0.3) is 0 Å².